The number of hydrogen-bond donors (Lipinski definition) is 2. The zero-order valence-electron chi connectivity index (χ0n) is 14.4. The van der Waals surface area contributed by atoms with E-state index in [2.05, 4.69) is 25.8 Å². The average molecular weight is 338 g/mol. The first-order valence-corrected chi connectivity index (χ1v) is 8.12. The first-order valence-electron chi connectivity index (χ1n) is 8.12. The minimum absolute atomic E-state index is 0.0475. The molecule has 2 aromatic heterocycles. The van der Waals surface area contributed by atoms with Gasteiger partial charge in [0.25, 0.3) is 0 Å². The van der Waals surface area contributed by atoms with E-state index in [0.29, 0.717) is 19.0 Å². The number of aliphatic imine (C=N–C) groups is 1. The predicted molar refractivity (Wildman–Crippen MR) is 97.4 cm³/mol. The summed E-state index contributed by atoms with van der Waals surface area (Å²) in [6.07, 6.45) is 1.90. The number of nitrogens with zero attached hydrogens (tertiary/aromatic N) is 4. The van der Waals surface area contributed by atoms with E-state index in [0.717, 1.165) is 17.0 Å². The summed E-state index contributed by atoms with van der Waals surface area (Å²) in [7, 11) is 3.44. The Labute approximate surface area is 146 Å². The minimum Gasteiger partial charge on any atom is -0.375 e. The van der Waals surface area contributed by atoms with E-state index >= 15 is 0 Å². The molecule has 7 heteroatoms. The van der Waals surface area contributed by atoms with Gasteiger partial charge in [-0.25, -0.2) is 0 Å². The summed E-state index contributed by atoms with van der Waals surface area (Å²) in [4.78, 5) is 4.25. The molecule has 3 rings (SSSR count). The number of nitrogens with one attached hydrogen (secondary N) is 2. The van der Waals surface area contributed by atoms with Crippen LogP contribution in [0.15, 0.2) is 59.7 Å². The molecule has 0 saturated carbocycles. The normalized spacial score (nSPS) is 13.0. The van der Waals surface area contributed by atoms with E-state index in [1.807, 2.05) is 59.1 Å². The molecule has 0 aliphatic heterocycles. The lowest BCUT2D eigenvalue weighted by molar-refractivity contribution is 0.106. The number of ether oxygens (including phenoxy) is 1. The lowest BCUT2D eigenvalue weighted by atomic mass is 10.1. The van der Waals surface area contributed by atoms with Crippen molar-refractivity contribution in [2.75, 3.05) is 20.7 Å². The lowest BCUT2D eigenvalue weighted by Gasteiger charge is -2.18. The minimum atomic E-state index is -0.0475. The molecular weight excluding hydrogens is 316 g/mol. The van der Waals surface area contributed by atoms with Crippen LogP contribution >= 0.6 is 0 Å². The van der Waals surface area contributed by atoms with Crippen LogP contribution in [0.2, 0.25) is 0 Å². The van der Waals surface area contributed by atoms with Crippen molar-refractivity contribution in [3.05, 3.63) is 66.1 Å². The molecule has 0 aliphatic rings. The zero-order chi connectivity index (χ0) is 17.5. The number of aromatic nitrogens is 3. The summed E-state index contributed by atoms with van der Waals surface area (Å²) < 4.78 is 7.51. The Morgan fingerprint density at radius 2 is 1.92 bits per heavy atom. The molecule has 130 valence electrons. The summed E-state index contributed by atoms with van der Waals surface area (Å²) in [5.74, 6) is 1.51. The first kappa shape index (κ1) is 16.9. The molecular formula is C18H22N6O. The molecule has 1 aromatic carbocycles. The number of hydrogen-bond acceptors (Lipinski definition) is 4. The summed E-state index contributed by atoms with van der Waals surface area (Å²) in [6, 6.07) is 15.9. The van der Waals surface area contributed by atoms with Gasteiger partial charge in [0.15, 0.2) is 17.4 Å². The van der Waals surface area contributed by atoms with Crippen molar-refractivity contribution in [2.45, 2.75) is 12.6 Å². The van der Waals surface area contributed by atoms with Gasteiger partial charge in [-0.2, -0.15) is 0 Å². The second-order valence-electron chi connectivity index (χ2n) is 5.49. The molecule has 0 fully saturated rings. The van der Waals surface area contributed by atoms with Crippen molar-refractivity contribution in [1.29, 1.82) is 0 Å². The molecule has 0 spiro atoms. The third-order valence-corrected chi connectivity index (χ3v) is 3.93. The van der Waals surface area contributed by atoms with Gasteiger partial charge in [0.2, 0.25) is 0 Å². The zero-order valence-corrected chi connectivity index (χ0v) is 14.4. The number of rotatable bonds is 6. The van der Waals surface area contributed by atoms with Gasteiger partial charge in [-0.3, -0.25) is 9.39 Å². The Hall–Kier alpha value is -2.93. The molecule has 0 aliphatic carbocycles. The molecule has 1 atom stereocenters. The van der Waals surface area contributed by atoms with Crippen molar-refractivity contribution in [3.8, 4) is 0 Å². The Morgan fingerprint density at radius 3 is 2.68 bits per heavy atom. The van der Waals surface area contributed by atoms with Gasteiger partial charge >= 0.3 is 0 Å². The van der Waals surface area contributed by atoms with Crippen molar-refractivity contribution < 1.29 is 4.74 Å². The second kappa shape index (κ2) is 8.25. The van der Waals surface area contributed by atoms with Gasteiger partial charge in [0, 0.05) is 26.9 Å². The van der Waals surface area contributed by atoms with Crippen molar-refractivity contribution in [2.24, 2.45) is 4.99 Å². The molecule has 3 aromatic rings. The molecule has 0 radical (unpaired) electrons. The maximum Gasteiger partial charge on any atom is 0.191 e. The van der Waals surface area contributed by atoms with Crippen molar-refractivity contribution in [1.82, 2.24) is 25.2 Å². The molecule has 0 saturated heterocycles. The quantitative estimate of drug-likeness (QED) is 0.529. The Morgan fingerprint density at radius 1 is 1.12 bits per heavy atom. The number of pyridine rings is 1. The second-order valence-corrected chi connectivity index (χ2v) is 5.49. The molecule has 25 heavy (non-hydrogen) atoms. The Balaban J connectivity index is 1.58. The molecule has 0 bridgehead atoms. The maximum absolute atomic E-state index is 5.57. The number of benzene rings is 1. The summed E-state index contributed by atoms with van der Waals surface area (Å²) in [5.41, 5.74) is 1.95. The highest BCUT2D eigenvalue weighted by atomic mass is 16.5. The summed E-state index contributed by atoms with van der Waals surface area (Å²) >= 11 is 0. The van der Waals surface area contributed by atoms with Crippen molar-refractivity contribution >= 4 is 11.6 Å². The van der Waals surface area contributed by atoms with Crippen LogP contribution in [0.4, 0.5) is 0 Å². The van der Waals surface area contributed by atoms with E-state index in [9.17, 15) is 0 Å². The Bertz CT molecular complexity index is 830. The van der Waals surface area contributed by atoms with Gasteiger partial charge in [0.1, 0.15) is 0 Å². The van der Waals surface area contributed by atoms with Gasteiger partial charge in [-0.1, -0.05) is 36.4 Å². The first-order chi connectivity index (χ1) is 12.3. The predicted octanol–water partition coefficient (Wildman–Crippen LogP) is 1.78. The van der Waals surface area contributed by atoms with Crippen LogP contribution < -0.4 is 10.6 Å². The largest absolute Gasteiger partial charge is 0.375 e. The third kappa shape index (κ3) is 4.13. The number of guanidine groups is 1. The topological polar surface area (TPSA) is 75.8 Å². The van der Waals surface area contributed by atoms with Gasteiger partial charge in [-0.05, 0) is 17.7 Å². The van der Waals surface area contributed by atoms with Crippen LogP contribution in [0.3, 0.4) is 0 Å². The van der Waals surface area contributed by atoms with Crippen LogP contribution in [0.5, 0.6) is 0 Å². The highest BCUT2D eigenvalue weighted by Crippen LogP contribution is 2.14. The van der Waals surface area contributed by atoms with Gasteiger partial charge in [0.05, 0.1) is 12.6 Å². The van der Waals surface area contributed by atoms with Gasteiger partial charge < -0.3 is 15.4 Å². The van der Waals surface area contributed by atoms with E-state index in [-0.39, 0.29) is 6.10 Å². The SMILES string of the molecule is CN=C(NCc1nnc2ccccn12)NCC(OC)c1ccccc1. The van der Waals surface area contributed by atoms with Crippen LogP contribution in [0.25, 0.3) is 5.65 Å². The van der Waals surface area contributed by atoms with Crippen LogP contribution in [0, 0.1) is 0 Å². The van der Waals surface area contributed by atoms with Crippen molar-refractivity contribution in [3.63, 3.8) is 0 Å². The molecule has 0 amide bonds. The molecule has 2 heterocycles. The highest BCUT2D eigenvalue weighted by Gasteiger charge is 2.11. The van der Waals surface area contributed by atoms with E-state index in [1.54, 1.807) is 14.2 Å². The molecule has 2 N–H and O–H groups in total. The summed E-state index contributed by atoms with van der Waals surface area (Å²) in [5, 5.41) is 14.9. The van der Waals surface area contributed by atoms with Crippen LogP contribution in [0.1, 0.15) is 17.5 Å². The van der Waals surface area contributed by atoms with E-state index < -0.39 is 0 Å². The number of fused-ring (bicyclic) bond motifs is 1. The molecule has 7 nitrogen and oxygen atoms in total. The molecule has 1 unspecified atom stereocenters. The third-order valence-electron chi connectivity index (χ3n) is 3.93. The lowest BCUT2D eigenvalue weighted by Crippen LogP contribution is -2.39. The Kier molecular flexibility index (Phi) is 5.58. The monoisotopic (exact) mass is 338 g/mol. The fraction of sp³-hybridized carbons (Fsp3) is 0.278. The van der Waals surface area contributed by atoms with Crippen LogP contribution in [-0.4, -0.2) is 41.3 Å². The fourth-order valence-electron chi connectivity index (χ4n) is 2.59. The van der Waals surface area contributed by atoms with E-state index in [4.69, 9.17) is 4.74 Å². The fourth-order valence-corrected chi connectivity index (χ4v) is 2.59. The van der Waals surface area contributed by atoms with E-state index in [1.165, 1.54) is 0 Å². The smallest absolute Gasteiger partial charge is 0.191 e. The standard InChI is InChI=1S/C18H22N6O/c1-19-18(20-12-15(25-2)14-8-4-3-5-9-14)21-13-17-23-22-16-10-6-7-11-24(16)17/h3-11,15H,12-13H2,1-2H3,(H2,19,20,21). The van der Waals surface area contributed by atoms with Crippen LogP contribution in [-0.2, 0) is 11.3 Å². The van der Waals surface area contributed by atoms with Gasteiger partial charge in [-0.15, -0.1) is 10.2 Å². The number of methoxy groups -OCH3 is 1. The highest BCUT2D eigenvalue weighted by molar-refractivity contribution is 5.79. The maximum atomic E-state index is 5.57. The average Bonchev–Trinajstić information content (AvgIpc) is 3.09. The summed E-state index contributed by atoms with van der Waals surface area (Å²) in [6.45, 7) is 1.13.